The number of rotatable bonds is 7. The third-order valence-corrected chi connectivity index (χ3v) is 3.94. The minimum atomic E-state index is -0.843. The van der Waals surface area contributed by atoms with E-state index in [0.717, 1.165) is 19.3 Å². The lowest BCUT2D eigenvalue weighted by Crippen LogP contribution is -2.41. The highest BCUT2D eigenvalue weighted by Gasteiger charge is 2.42. The SMILES string of the molecule is CC(C)=CCC/C(C)=C/CC[C@](C)(O)[C@H]1COC(C)(C)O1. The first-order valence-electron chi connectivity index (χ1n) is 7.95. The molecule has 1 heterocycles. The summed E-state index contributed by atoms with van der Waals surface area (Å²) in [5.41, 5.74) is 1.91. The number of hydrogen-bond donors (Lipinski definition) is 1. The van der Waals surface area contributed by atoms with E-state index in [2.05, 4.69) is 32.9 Å². The molecule has 1 N–H and O–H groups in total. The molecule has 0 spiro atoms. The predicted octanol–water partition coefficient (Wildman–Crippen LogP) is 4.36. The fourth-order valence-corrected chi connectivity index (χ4v) is 2.46. The van der Waals surface area contributed by atoms with Crippen LogP contribution in [-0.2, 0) is 9.47 Å². The van der Waals surface area contributed by atoms with Crippen LogP contribution >= 0.6 is 0 Å². The summed E-state index contributed by atoms with van der Waals surface area (Å²) in [4.78, 5) is 0. The van der Waals surface area contributed by atoms with Crippen LogP contribution in [-0.4, -0.2) is 29.2 Å². The Labute approximate surface area is 130 Å². The Balaban J connectivity index is 2.38. The Bertz CT molecular complexity index is 387. The molecule has 2 atom stereocenters. The van der Waals surface area contributed by atoms with Crippen molar-refractivity contribution in [1.82, 2.24) is 0 Å². The standard InChI is InChI=1S/C18H32O3/c1-14(2)9-7-10-15(3)11-8-12-18(6,19)16-13-20-17(4,5)21-16/h9,11,16,19H,7-8,10,12-13H2,1-6H3/b15-11+/t16-,18+/m1/s1. The molecule has 1 rings (SSSR count). The summed E-state index contributed by atoms with van der Waals surface area (Å²) < 4.78 is 11.3. The number of aliphatic hydroxyl groups is 1. The molecule has 0 saturated carbocycles. The summed E-state index contributed by atoms with van der Waals surface area (Å²) in [6.07, 6.45) is 7.99. The van der Waals surface area contributed by atoms with Gasteiger partial charge in [0, 0.05) is 0 Å². The molecule has 3 heteroatoms. The minimum absolute atomic E-state index is 0.244. The second kappa shape index (κ2) is 7.57. The van der Waals surface area contributed by atoms with Crippen LogP contribution in [0.3, 0.4) is 0 Å². The van der Waals surface area contributed by atoms with Crippen molar-refractivity contribution < 1.29 is 14.6 Å². The van der Waals surface area contributed by atoms with E-state index in [1.165, 1.54) is 11.1 Å². The summed E-state index contributed by atoms with van der Waals surface area (Å²) >= 11 is 0. The molecule has 0 aromatic carbocycles. The Morgan fingerprint density at radius 3 is 2.43 bits per heavy atom. The van der Waals surface area contributed by atoms with Gasteiger partial charge in [0.15, 0.2) is 5.79 Å². The molecule has 3 nitrogen and oxygen atoms in total. The van der Waals surface area contributed by atoms with Crippen LogP contribution in [0, 0.1) is 0 Å². The first-order valence-corrected chi connectivity index (χ1v) is 7.95. The molecule has 1 saturated heterocycles. The Morgan fingerprint density at radius 1 is 1.24 bits per heavy atom. The molecule has 0 amide bonds. The second-order valence-corrected chi connectivity index (χ2v) is 7.08. The second-order valence-electron chi connectivity index (χ2n) is 7.08. The van der Waals surface area contributed by atoms with E-state index in [4.69, 9.17) is 9.47 Å². The van der Waals surface area contributed by atoms with Crippen molar-refractivity contribution in [3.05, 3.63) is 23.3 Å². The van der Waals surface area contributed by atoms with Gasteiger partial charge in [-0.15, -0.1) is 0 Å². The van der Waals surface area contributed by atoms with Gasteiger partial charge >= 0.3 is 0 Å². The molecule has 0 aromatic rings. The topological polar surface area (TPSA) is 38.7 Å². The van der Waals surface area contributed by atoms with E-state index in [9.17, 15) is 5.11 Å². The normalized spacial score (nSPS) is 24.7. The molecule has 0 unspecified atom stereocenters. The highest BCUT2D eigenvalue weighted by molar-refractivity contribution is 5.03. The average Bonchev–Trinajstić information content (AvgIpc) is 2.69. The molecule has 1 aliphatic heterocycles. The van der Waals surface area contributed by atoms with Crippen LogP contribution in [0.25, 0.3) is 0 Å². The molecule has 0 aliphatic carbocycles. The van der Waals surface area contributed by atoms with Crippen molar-refractivity contribution in [3.63, 3.8) is 0 Å². The molecule has 0 bridgehead atoms. The molecular formula is C18H32O3. The van der Waals surface area contributed by atoms with Crippen LogP contribution < -0.4 is 0 Å². The van der Waals surface area contributed by atoms with E-state index in [0.29, 0.717) is 13.0 Å². The average molecular weight is 296 g/mol. The lowest BCUT2D eigenvalue weighted by molar-refractivity contribution is -0.167. The van der Waals surface area contributed by atoms with Crippen molar-refractivity contribution in [1.29, 1.82) is 0 Å². The summed E-state index contributed by atoms with van der Waals surface area (Å²) in [6, 6.07) is 0. The monoisotopic (exact) mass is 296 g/mol. The van der Waals surface area contributed by atoms with Crippen LogP contribution in [0.5, 0.6) is 0 Å². The quantitative estimate of drug-likeness (QED) is 0.709. The Morgan fingerprint density at radius 2 is 1.90 bits per heavy atom. The van der Waals surface area contributed by atoms with Crippen molar-refractivity contribution in [3.8, 4) is 0 Å². The first kappa shape index (κ1) is 18.4. The van der Waals surface area contributed by atoms with Gasteiger partial charge in [0.1, 0.15) is 6.10 Å². The van der Waals surface area contributed by atoms with Crippen LogP contribution in [0.15, 0.2) is 23.3 Å². The predicted molar refractivity (Wildman–Crippen MR) is 87.2 cm³/mol. The summed E-state index contributed by atoms with van der Waals surface area (Å²) in [7, 11) is 0. The van der Waals surface area contributed by atoms with E-state index in [1.807, 2.05) is 20.8 Å². The molecule has 0 aromatic heterocycles. The smallest absolute Gasteiger partial charge is 0.163 e. The zero-order chi connectivity index (χ0) is 16.1. The molecular weight excluding hydrogens is 264 g/mol. The van der Waals surface area contributed by atoms with Crippen molar-refractivity contribution in [2.24, 2.45) is 0 Å². The van der Waals surface area contributed by atoms with Gasteiger partial charge in [0.25, 0.3) is 0 Å². The van der Waals surface area contributed by atoms with E-state index >= 15 is 0 Å². The molecule has 122 valence electrons. The molecule has 21 heavy (non-hydrogen) atoms. The van der Waals surface area contributed by atoms with Gasteiger partial charge in [-0.3, -0.25) is 0 Å². The molecule has 1 aliphatic rings. The van der Waals surface area contributed by atoms with Gasteiger partial charge in [0.2, 0.25) is 0 Å². The Hall–Kier alpha value is -0.640. The maximum absolute atomic E-state index is 10.6. The van der Waals surface area contributed by atoms with Gasteiger partial charge in [0.05, 0.1) is 12.2 Å². The van der Waals surface area contributed by atoms with Crippen molar-refractivity contribution in [2.45, 2.75) is 84.7 Å². The van der Waals surface area contributed by atoms with Gasteiger partial charge < -0.3 is 14.6 Å². The zero-order valence-electron chi connectivity index (χ0n) is 14.5. The van der Waals surface area contributed by atoms with Crippen LogP contribution in [0.4, 0.5) is 0 Å². The van der Waals surface area contributed by atoms with Crippen LogP contribution in [0.1, 0.15) is 67.2 Å². The number of ether oxygens (including phenoxy) is 2. The Kier molecular flexibility index (Phi) is 6.64. The minimum Gasteiger partial charge on any atom is -0.387 e. The first-order chi connectivity index (χ1) is 9.62. The highest BCUT2D eigenvalue weighted by atomic mass is 16.7. The van der Waals surface area contributed by atoms with E-state index < -0.39 is 11.4 Å². The van der Waals surface area contributed by atoms with Gasteiger partial charge in [-0.25, -0.2) is 0 Å². The number of hydrogen-bond acceptors (Lipinski definition) is 3. The third kappa shape index (κ3) is 6.77. The van der Waals surface area contributed by atoms with E-state index in [-0.39, 0.29) is 6.10 Å². The fourth-order valence-electron chi connectivity index (χ4n) is 2.46. The highest BCUT2D eigenvalue weighted by Crippen LogP contribution is 2.31. The van der Waals surface area contributed by atoms with E-state index in [1.54, 1.807) is 0 Å². The van der Waals surface area contributed by atoms with Gasteiger partial charge in [-0.2, -0.15) is 0 Å². The zero-order valence-corrected chi connectivity index (χ0v) is 14.5. The maximum Gasteiger partial charge on any atom is 0.163 e. The molecule has 0 radical (unpaired) electrons. The van der Waals surface area contributed by atoms with Crippen molar-refractivity contribution in [2.75, 3.05) is 6.61 Å². The third-order valence-electron chi connectivity index (χ3n) is 3.94. The largest absolute Gasteiger partial charge is 0.387 e. The lowest BCUT2D eigenvalue weighted by atomic mass is 9.93. The van der Waals surface area contributed by atoms with Crippen molar-refractivity contribution >= 4 is 0 Å². The van der Waals surface area contributed by atoms with Gasteiger partial charge in [-0.05, 0) is 67.2 Å². The van der Waals surface area contributed by atoms with Crippen LogP contribution in [0.2, 0.25) is 0 Å². The summed E-state index contributed by atoms with van der Waals surface area (Å²) in [5, 5.41) is 10.6. The number of allylic oxidation sites excluding steroid dienone is 4. The summed E-state index contributed by atoms with van der Waals surface area (Å²) in [5.74, 6) is -0.579. The van der Waals surface area contributed by atoms with Gasteiger partial charge in [-0.1, -0.05) is 23.3 Å². The fraction of sp³-hybridized carbons (Fsp3) is 0.778. The molecule has 1 fully saturated rings. The summed E-state index contributed by atoms with van der Waals surface area (Å²) in [6.45, 7) is 12.5. The lowest BCUT2D eigenvalue weighted by Gasteiger charge is -2.29. The maximum atomic E-state index is 10.6.